The molecule has 3 rings (SSSR count). The van der Waals surface area contributed by atoms with Crippen LogP contribution in [0.1, 0.15) is 22.7 Å². The molecule has 3 nitrogen and oxygen atoms in total. The van der Waals surface area contributed by atoms with Gasteiger partial charge < -0.3 is 10.2 Å². The lowest BCUT2D eigenvalue weighted by atomic mass is 9.99. The molecule has 1 atom stereocenters. The minimum absolute atomic E-state index is 0.0906. The van der Waals surface area contributed by atoms with Crippen LogP contribution in [0.2, 0.25) is 0 Å². The Labute approximate surface area is 161 Å². The molecule has 0 bridgehead atoms. The lowest BCUT2D eigenvalue weighted by Gasteiger charge is -2.22. The van der Waals surface area contributed by atoms with E-state index in [1.165, 1.54) is 11.1 Å². The Morgan fingerprint density at radius 1 is 0.815 bits per heavy atom. The molecular weight excluding hydrogens is 332 g/mol. The molecule has 0 saturated heterocycles. The minimum Gasteiger partial charge on any atom is -0.340 e. The molecule has 1 unspecified atom stereocenters. The minimum atomic E-state index is 0.0906. The molecule has 27 heavy (non-hydrogen) atoms. The average Bonchev–Trinajstić information content (AvgIpc) is 2.73. The second kappa shape index (κ2) is 9.70. The van der Waals surface area contributed by atoms with Gasteiger partial charge in [0.15, 0.2) is 0 Å². The van der Waals surface area contributed by atoms with E-state index in [0.29, 0.717) is 13.1 Å². The Morgan fingerprint density at radius 2 is 1.33 bits per heavy atom. The van der Waals surface area contributed by atoms with Crippen LogP contribution in [0.5, 0.6) is 0 Å². The third kappa shape index (κ3) is 5.80. The van der Waals surface area contributed by atoms with Crippen molar-refractivity contribution in [3.05, 3.63) is 108 Å². The van der Waals surface area contributed by atoms with Gasteiger partial charge in [-0.3, -0.25) is 4.79 Å². The lowest BCUT2D eigenvalue weighted by molar-refractivity contribution is -0.129. The van der Waals surface area contributed by atoms with Gasteiger partial charge in [0.2, 0.25) is 5.91 Å². The summed E-state index contributed by atoms with van der Waals surface area (Å²) in [7, 11) is 1.85. The summed E-state index contributed by atoms with van der Waals surface area (Å²) < 4.78 is 0. The fraction of sp³-hybridized carbons (Fsp3) is 0.208. The average molecular weight is 358 g/mol. The van der Waals surface area contributed by atoms with Crippen molar-refractivity contribution in [2.24, 2.45) is 0 Å². The Hall–Kier alpha value is -2.91. The van der Waals surface area contributed by atoms with Crippen molar-refractivity contribution in [2.75, 3.05) is 13.6 Å². The van der Waals surface area contributed by atoms with E-state index in [0.717, 1.165) is 12.0 Å². The second-order valence-corrected chi connectivity index (χ2v) is 6.77. The number of hydrogen-bond donors (Lipinski definition) is 1. The fourth-order valence-corrected chi connectivity index (χ4v) is 3.13. The molecule has 1 amide bonds. The van der Waals surface area contributed by atoms with Crippen LogP contribution >= 0.6 is 0 Å². The van der Waals surface area contributed by atoms with Crippen LogP contribution in [0.3, 0.4) is 0 Å². The van der Waals surface area contributed by atoms with Gasteiger partial charge in [-0.25, -0.2) is 0 Å². The first kappa shape index (κ1) is 18.9. The lowest BCUT2D eigenvalue weighted by Crippen LogP contribution is -2.37. The zero-order valence-electron chi connectivity index (χ0n) is 15.7. The van der Waals surface area contributed by atoms with E-state index < -0.39 is 0 Å². The number of rotatable bonds is 8. The molecule has 0 aliphatic heterocycles. The Balaban J connectivity index is 1.62. The van der Waals surface area contributed by atoms with Crippen molar-refractivity contribution in [1.29, 1.82) is 0 Å². The second-order valence-electron chi connectivity index (χ2n) is 6.77. The molecule has 1 N–H and O–H groups in total. The molecule has 3 heteroatoms. The molecule has 0 fully saturated rings. The highest BCUT2D eigenvalue weighted by Crippen LogP contribution is 2.18. The van der Waals surface area contributed by atoms with E-state index >= 15 is 0 Å². The maximum atomic E-state index is 12.6. The van der Waals surface area contributed by atoms with Crippen molar-refractivity contribution in [1.82, 2.24) is 10.2 Å². The van der Waals surface area contributed by atoms with Crippen molar-refractivity contribution in [2.45, 2.75) is 19.0 Å². The summed E-state index contributed by atoms with van der Waals surface area (Å²) in [6, 6.07) is 30.9. The monoisotopic (exact) mass is 358 g/mol. The first-order valence-corrected chi connectivity index (χ1v) is 9.32. The molecule has 0 saturated carbocycles. The van der Waals surface area contributed by atoms with Crippen LogP contribution in [0.15, 0.2) is 91.0 Å². The molecule has 0 aliphatic carbocycles. The molecule has 0 spiro atoms. The standard InChI is InChI=1S/C24H26N2O/c1-26(19-21-13-7-3-8-14-21)24(27)18-25-23(22-15-9-4-10-16-22)17-20-11-5-2-6-12-20/h2-16,23,25H,17-19H2,1H3. The molecule has 138 valence electrons. The Kier molecular flexibility index (Phi) is 6.78. The first-order valence-electron chi connectivity index (χ1n) is 9.32. The van der Waals surface area contributed by atoms with Gasteiger partial charge in [-0.2, -0.15) is 0 Å². The molecule has 0 radical (unpaired) electrons. The Morgan fingerprint density at radius 3 is 1.93 bits per heavy atom. The summed E-state index contributed by atoms with van der Waals surface area (Å²) in [5.41, 5.74) is 3.58. The summed E-state index contributed by atoms with van der Waals surface area (Å²) >= 11 is 0. The number of carbonyl (C=O) groups is 1. The van der Waals surface area contributed by atoms with Crippen molar-refractivity contribution in [3.63, 3.8) is 0 Å². The number of amides is 1. The topological polar surface area (TPSA) is 32.3 Å². The smallest absolute Gasteiger partial charge is 0.236 e. The van der Waals surface area contributed by atoms with Crippen LogP contribution in [-0.2, 0) is 17.8 Å². The molecule has 0 heterocycles. The molecule has 3 aromatic rings. The quantitative estimate of drug-likeness (QED) is 0.654. The summed E-state index contributed by atoms with van der Waals surface area (Å²) in [4.78, 5) is 14.4. The summed E-state index contributed by atoms with van der Waals surface area (Å²) in [6.07, 6.45) is 0.848. The highest BCUT2D eigenvalue weighted by molar-refractivity contribution is 5.78. The van der Waals surface area contributed by atoms with Crippen molar-refractivity contribution < 1.29 is 4.79 Å². The zero-order valence-corrected chi connectivity index (χ0v) is 15.7. The predicted molar refractivity (Wildman–Crippen MR) is 110 cm³/mol. The summed E-state index contributed by atoms with van der Waals surface area (Å²) in [6.45, 7) is 0.936. The predicted octanol–water partition coefficient (Wildman–Crippen LogP) is 4.22. The number of likely N-dealkylation sites (N-methyl/N-ethyl adjacent to an activating group) is 1. The van der Waals surface area contributed by atoms with Crippen LogP contribution in [-0.4, -0.2) is 24.4 Å². The third-order valence-electron chi connectivity index (χ3n) is 4.67. The highest BCUT2D eigenvalue weighted by atomic mass is 16.2. The van der Waals surface area contributed by atoms with Gasteiger partial charge in [0.25, 0.3) is 0 Å². The fourth-order valence-electron chi connectivity index (χ4n) is 3.13. The first-order chi connectivity index (χ1) is 13.2. The largest absolute Gasteiger partial charge is 0.340 e. The molecule has 0 aromatic heterocycles. The third-order valence-corrected chi connectivity index (χ3v) is 4.67. The van der Waals surface area contributed by atoms with Crippen LogP contribution in [0.25, 0.3) is 0 Å². The highest BCUT2D eigenvalue weighted by Gasteiger charge is 2.15. The van der Waals surface area contributed by atoms with Crippen molar-refractivity contribution in [3.8, 4) is 0 Å². The SMILES string of the molecule is CN(Cc1ccccc1)C(=O)CNC(Cc1ccccc1)c1ccccc1. The summed E-state index contributed by atoms with van der Waals surface area (Å²) in [5.74, 6) is 0.0906. The van der Waals surface area contributed by atoms with Gasteiger partial charge in [0.05, 0.1) is 6.54 Å². The maximum absolute atomic E-state index is 12.6. The van der Waals surface area contributed by atoms with E-state index in [-0.39, 0.29) is 11.9 Å². The van der Waals surface area contributed by atoms with Gasteiger partial charge in [0.1, 0.15) is 0 Å². The van der Waals surface area contributed by atoms with E-state index in [9.17, 15) is 4.79 Å². The zero-order chi connectivity index (χ0) is 18.9. The van der Waals surface area contributed by atoms with Gasteiger partial charge in [0, 0.05) is 19.6 Å². The van der Waals surface area contributed by atoms with E-state index in [1.54, 1.807) is 4.90 Å². The number of carbonyl (C=O) groups excluding carboxylic acids is 1. The Bertz CT molecular complexity index is 819. The van der Waals surface area contributed by atoms with Crippen LogP contribution in [0.4, 0.5) is 0 Å². The van der Waals surface area contributed by atoms with Gasteiger partial charge >= 0.3 is 0 Å². The molecular formula is C24H26N2O. The van der Waals surface area contributed by atoms with Gasteiger partial charge in [-0.15, -0.1) is 0 Å². The summed E-state index contributed by atoms with van der Waals surface area (Å²) in [5, 5.41) is 3.46. The van der Waals surface area contributed by atoms with Crippen LogP contribution in [0, 0.1) is 0 Å². The number of hydrogen-bond acceptors (Lipinski definition) is 2. The molecule has 3 aromatic carbocycles. The molecule has 0 aliphatic rings. The van der Waals surface area contributed by atoms with Crippen molar-refractivity contribution >= 4 is 5.91 Å². The van der Waals surface area contributed by atoms with E-state index in [4.69, 9.17) is 0 Å². The van der Waals surface area contributed by atoms with Crippen LogP contribution < -0.4 is 5.32 Å². The maximum Gasteiger partial charge on any atom is 0.236 e. The van der Waals surface area contributed by atoms with Gasteiger partial charge in [-0.05, 0) is 23.1 Å². The number of nitrogens with zero attached hydrogens (tertiary/aromatic N) is 1. The normalized spacial score (nSPS) is 11.7. The van der Waals surface area contributed by atoms with Gasteiger partial charge in [-0.1, -0.05) is 91.0 Å². The van der Waals surface area contributed by atoms with E-state index in [2.05, 4.69) is 41.7 Å². The number of benzene rings is 3. The van der Waals surface area contributed by atoms with E-state index in [1.807, 2.05) is 61.6 Å². The number of nitrogens with one attached hydrogen (secondary N) is 1.